The van der Waals surface area contributed by atoms with E-state index in [1.807, 2.05) is 30.3 Å². The summed E-state index contributed by atoms with van der Waals surface area (Å²) in [7, 11) is 0. The summed E-state index contributed by atoms with van der Waals surface area (Å²) in [6.45, 7) is 0.613. The molecule has 0 bridgehead atoms. The largest absolute Gasteiger partial charge is 0.480 e. The Bertz CT molecular complexity index is 521. The Labute approximate surface area is 134 Å². The van der Waals surface area contributed by atoms with E-state index in [2.05, 4.69) is 5.32 Å². The lowest BCUT2D eigenvalue weighted by atomic mass is 10.2. The molecule has 0 aromatic heterocycles. The second-order valence-corrected chi connectivity index (χ2v) is 3.70. The van der Waals surface area contributed by atoms with E-state index in [1.54, 1.807) is 0 Å². The van der Waals surface area contributed by atoms with Crippen molar-refractivity contribution in [2.45, 2.75) is 6.54 Å². The molecule has 0 unspecified atom stereocenters. The number of carbonyl (C=O) groups is 5. The third kappa shape index (κ3) is 16.6. The van der Waals surface area contributed by atoms with Crippen molar-refractivity contribution in [3.8, 4) is 0 Å². The zero-order chi connectivity index (χ0) is 19.1. The molecule has 0 aliphatic heterocycles. The van der Waals surface area contributed by atoms with Crippen LogP contribution in [0.15, 0.2) is 30.3 Å². The minimum absolute atomic E-state index is 0.00882. The molecule has 6 N–H and O–H groups in total. The van der Waals surface area contributed by atoms with Crippen LogP contribution < -0.4 is 5.32 Å². The van der Waals surface area contributed by atoms with Crippen LogP contribution in [0, 0.1) is 0 Å². The van der Waals surface area contributed by atoms with Crippen molar-refractivity contribution >= 4 is 29.8 Å². The first-order chi connectivity index (χ1) is 11.1. The molecule has 0 radical (unpaired) electrons. The lowest BCUT2D eigenvalue weighted by Crippen LogP contribution is -2.21. The first-order valence-electron chi connectivity index (χ1n) is 5.96. The summed E-state index contributed by atoms with van der Waals surface area (Å²) < 4.78 is 0. The maximum atomic E-state index is 10.1. The van der Waals surface area contributed by atoms with Gasteiger partial charge in [0.05, 0.1) is 6.54 Å². The van der Waals surface area contributed by atoms with Gasteiger partial charge >= 0.3 is 29.8 Å². The quantitative estimate of drug-likeness (QED) is 0.372. The van der Waals surface area contributed by atoms with Crippen LogP contribution in [0.3, 0.4) is 0 Å². The van der Waals surface area contributed by atoms with Crippen molar-refractivity contribution < 1.29 is 49.5 Å². The van der Waals surface area contributed by atoms with Crippen LogP contribution in [0.1, 0.15) is 5.56 Å². The summed E-state index contributed by atoms with van der Waals surface area (Å²) in [6.07, 6.45) is 0. The van der Waals surface area contributed by atoms with Crippen molar-refractivity contribution in [2.24, 2.45) is 0 Å². The molecule has 11 heteroatoms. The van der Waals surface area contributed by atoms with E-state index < -0.39 is 29.8 Å². The average molecular weight is 345 g/mol. The third-order valence-corrected chi connectivity index (χ3v) is 1.81. The van der Waals surface area contributed by atoms with Gasteiger partial charge in [-0.15, -0.1) is 0 Å². The summed E-state index contributed by atoms with van der Waals surface area (Å²) in [4.78, 5) is 46.5. The number of hydrogen-bond donors (Lipinski definition) is 6. The van der Waals surface area contributed by atoms with Crippen LogP contribution in [-0.4, -0.2) is 61.9 Å². The molecule has 0 saturated heterocycles. The van der Waals surface area contributed by atoms with Crippen molar-refractivity contribution in [1.29, 1.82) is 0 Å². The Morgan fingerprint density at radius 3 is 1.38 bits per heavy atom. The monoisotopic (exact) mass is 345 g/mol. The van der Waals surface area contributed by atoms with Gasteiger partial charge in [0.1, 0.15) is 0 Å². The second kappa shape index (κ2) is 13.2. The summed E-state index contributed by atoms with van der Waals surface area (Å²) >= 11 is 0. The average Bonchev–Trinajstić information content (AvgIpc) is 2.49. The van der Waals surface area contributed by atoms with Crippen LogP contribution in [0.25, 0.3) is 0 Å². The van der Waals surface area contributed by atoms with Gasteiger partial charge in [0.2, 0.25) is 0 Å². The fourth-order valence-electron chi connectivity index (χ4n) is 0.910. The van der Waals surface area contributed by atoms with Gasteiger partial charge < -0.3 is 30.8 Å². The van der Waals surface area contributed by atoms with Crippen molar-refractivity contribution in [2.75, 3.05) is 6.54 Å². The van der Waals surface area contributed by atoms with E-state index in [4.69, 9.17) is 44.7 Å². The molecule has 0 heterocycles. The number of rotatable bonds is 4. The molecular formula is C13H15NO10. The maximum absolute atomic E-state index is 10.1. The van der Waals surface area contributed by atoms with Crippen LogP contribution in [0.2, 0.25) is 0 Å². The molecule has 0 fully saturated rings. The Hall–Kier alpha value is -3.47. The zero-order valence-electron chi connectivity index (χ0n) is 12.1. The number of aliphatic carboxylic acids is 5. The standard InChI is InChI=1S/C9H11NO2.2C2H2O4/c11-9(12)7-10-6-8-4-2-1-3-5-8;2*3-1(4)2(5)6/h1-5,10H,6-7H2,(H,11,12);2*(H,3,4)(H,5,6). The van der Waals surface area contributed by atoms with Crippen LogP contribution in [0.5, 0.6) is 0 Å². The minimum Gasteiger partial charge on any atom is -0.480 e. The molecule has 24 heavy (non-hydrogen) atoms. The van der Waals surface area contributed by atoms with Crippen LogP contribution >= 0.6 is 0 Å². The Balaban J connectivity index is 0. The highest BCUT2D eigenvalue weighted by Crippen LogP contribution is 1.96. The number of benzene rings is 1. The molecule has 1 rings (SSSR count). The highest BCUT2D eigenvalue weighted by molar-refractivity contribution is 6.27. The van der Waals surface area contributed by atoms with Gasteiger partial charge in [-0.1, -0.05) is 30.3 Å². The van der Waals surface area contributed by atoms with Crippen molar-refractivity contribution in [3.63, 3.8) is 0 Å². The first kappa shape index (κ1) is 22.8. The molecule has 0 amide bonds. The summed E-state index contributed by atoms with van der Waals surface area (Å²) in [5.41, 5.74) is 1.10. The Kier molecular flexibility index (Phi) is 12.6. The predicted molar refractivity (Wildman–Crippen MR) is 76.3 cm³/mol. The summed E-state index contributed by atoms with van der Waals surface area (Å²) in [5.74, 6) is -8.12. The van der Waals surface area contributed by atoms with Crippen LogP contribution in [-0.2, 0) is 30.5 Å². The molecule has 1 aromatic carbocycles. The Morgan fingerprint density at radius 1 is 0.708 bits per heavy atom. The van der Waals surface area contributed by atoms with Crippen molar-refractivity contribution in [1.82, 2.24) is 5.32 Å². The third-order valence-electron chi connectivity index (χ3n) is 1.81. The fraction of sp³-hybridized carbons (Fsp3) is 0.154. The highest BCUT2D eigenvalue weighted by atomic mass is 16.4. The van der Waals surface area contributed by atoms with Crippen LogP contribution in [0.4, 0.5) is 0 Å². The number of nitrogens with one attached hydrogen (secondary N) is 1. The lowest BCUT2D eigenvalue weighted by Gasteiger charge is -2.00. The minimum atomic E-state index is -1.82. The second-order valence-electron chi connectivity index (χ2n) is 3.70. The molecule has 0 aliphatic carbocycles. The number of hydrogen-bond acceptors (Lipinski definition) is 6. The van der Waals surface area contributed by atoms with Gasteiger partial charge in [-0.25, -0.2) is 19.2 Å². The van der Waals surface area contributed by atoms with Gasteiger partial charge in [-0.2, -0.15) is 0 Å². The van der Waals surface area contributed by atoms with E-state index >= 15 is 0 Å². The normalized spacial score (nSPS) is 8.50. The predicted octanol–water partition coefficient (Wildman–Crippen LogP) is -0.828. The zero-order valence-corrected chi connectivity index (χ0v) is 12.1. The SMILES string of the molecule is O=C(O)C(=O)O.O=C(O)C(=O)O.O=C(O)CNCc1ccccc1. The molecule has 1 aromatic rings. The van der Waals surface area contributed by atoms with Gasteiger partial charge in [-0.3, -0.25) is 4.79 Å². The summed E-state index contributed by atoms with van der Waals surface area (Å²) in [5, 5.41) is 40.7. The fourth-order valence-corrected chi connectivity index (χ4v) is 0.910. The number of carboxylic acid groups (broad SMARTS) is 5. The van der Waals surface area contributed by atoms with E-state index in [1.165, 1.54) is 0 Å². The van der Waals surface area contributed by atoms with Gasteiger partial charge in [0, 0.05) is 6.54 Å². The molecule has 0 aliphatic rings. The summed E-state index contributed by atoms with van der Waals surface area (Å²) in [6, 6.07) is 9.69. The van der Waals surface area contributed by atoms with E-state index in [9.17, 15) is 4.79 Å². The maximum Gasteiger partial charge on any atom is 0.414 e. The molecule has 132 valence electrons. The molecule has 11 nitrogen and oxygen atoms in total. The van der Waals surface area contributed by atoms with Crippen molar-refractivity contribution in [3.05, 3.63) is 35.9 Å². The highest BCUT2D eigenvalue weighted by Gasteiger charge is 2.04. The topological polar surface area (TPSA) is 199 Å². The van der Waals surface area contributed by atoms with E-state index in [0.717, 1.165) is 5.56 Å². The van der Waals surface area contributed by atoms with E-state index in [-0.39, 0.29) is 6.54 Å². The molecule has 0 spiro atoms. The lowest BCUT2D eigenvalue weighted by molar-refractivity contribution is -0.159. The molecule has 0 saturated carbocycles. The number of carboxylic acids is 5. The van der Waals surface area contributed by atoms with E-state index in [0.29, 0.717) is 6.54 Å². The first-order valence-corrected chi connectivity index (χ1v) is 5.96. The Morgan fingerprint density at radius 2 is 1.08 bits per heavy atom. The van der Waals surface area contributed by atoms with Gasteiger partial charge in [-0.05, 0) is 5.56 Å². The molecule has 0 atom stereocenters. The van der Waals surface area contributed by atoms with Gasteiger partial charge in [0.25, 0.3) is 0 Å². The smallest absolute Gasteiger partial charge is 0.414 e. The molecular weight excluding hydrogens is 330 g/mol. The van der Waals surface area contributed by atoms with Gasteiger partial charge in [0.15, 0.2) is 0 Å².